The van der Waals surface area contributed by atoms with Gasteiger partial charge in [-0.3, -0.25) is 19.5 Å². The number of allylic oxidation sites excluding steroid dienone is 1. The summed E-state index contributed by atoms with van der Waals surface area (Å²) in [5.74, 6) is -0.391. The van der Waals surface area contributed by atoms with Crippen molar-refractivity contribution in [3.05, 3.63) is 108 Å². The molecule has 0 amide bonds. The van der Waals surface area contributed by atoms with Gasteiger partial charge in [0.1, 0.15) is 22.9 Å². The second-order valence-electron chi connectivity index (χ2n) is 9.43. The van der Waals surface area contributed by atoms with E-state index in [1.165, 1.54) is 29.9 Å². The van der Waals surface area contributed by atoms with Crippen LogP contribution in [0.15, 0.2) is 69.6 Å². The van der Waals surface area contributed by atoms with Crippen molar-refractivity contribution in [1.29, 1.82) is 0 Å². The zero-order chi connectivity index (χ0) is 29.4. The number of nitro groups is 1. The number of esters is 1. The van der Waals surface area contributed by atoms with Crippen molar-refractivity contribution in [2.75, 3.05) is 13.7 Å². The van der Waals surface area contributed by atoms with Crippen LogP contribution in [0.25, 0.3) is 17.3 Å². The third kappa shape index (κ3) is 4.91. The van der Waals surface area contributed by atoms with Crippen LogP contribution in [-0.4, -0.2) is 44.3 Å². The number of carbonyl (C=O) groups is 1. The number of rotatable bonds is 7. The molecule has 1 atom stereocenters. The highest BCUT2D eigenvalue weighted by atomic mass is 16.6. The standard InChI is InChI=1S/C29H27N5O7/c1-5-41-28(37)25-16(3)30-29-32-22(27(36)33(29)26(25)20-10-9-19(35)14-24(20)40-4)13-18-8-11-21(31-18)17-7-6-15(2)23(12-17)34(38)39/h6-14,26,31,35H,5H2,1-4H3,(H,30,32)/b22-13-. The molecule has 1 aliphatic rings. The average molecular weight is 558 g/mol. The molecule has 3 N–H and O–H groups in total. The Morgan fingerprint density at radius 1 is 1.17 bits per heavy atom. The number of nitrogens with zero attached hydrogens (tertiary/aromatic N) is 3. The number of hydrogen-bond donors (Lipinski definition) is 3. The molecule has 4 aromatic rings. The van der Waals surface area contributed by atoms with Crippen molar-refractivity contribution < 1.29 is 24.3 Å². The number of nitro benzene ring substituents is 1. The number of carbonyl (C=O) groups excluding carboxylic acids is 1. The Hall–Kier alpha value is -5.39. The number of fused-ring (bicyclic) bond motifs is 1. The molecular weight excluding hydrogens is 530 g/mol. The molecule has 0 fully saturated rings. The van der Waals surface area contributed by atoms with Crippen molar-refractivity contribution >= 4 is 17.7 Å². The molecule has 1 aliphatic heterocycles. The number of aromatic nitrogens is 3. The normalized spacial score (nSPS) is 14.9. The summed E-state index contributed by atoms with van der Waals surface area (Å²) in [4.78, 5) is 48.6. The Morgan fingerprint density at radius 3 is 2.66 bits per heavy atom. The minimum absolute atomic E-state index is 0.00973. The van der Waals surface area contributed by atoms with Gasteiger partial charge in [0, 0.05) is 40.2 Å². The van der Waals surface area contributed by atoms with Gasteiger partial charge >= 0.3 is 5.97 Å². The Morgan fingerprint density at radius 2 is 1.95 bits per heavy atom. The molecule has 1 unspecified atom stereocenters. The van der Waals surface area contributed by atoms with Gasteiger partial charge in [-0.1, -0.05) is 12.1 Å². The molecule has 0 saturated heterocycles. The summed E-state index contributed by atoms with van der Waals surface area (Å²) in [5, 5.41) is 21.6. The number of nitrogens with one attached hydrogen (secondary N) is 2. The van der Waals surface area contributed by atoms with E-state index in [4.69, 9.17) is 9.47 Å². The number of benzene rings is 2. The first-order valence-corrected chi connectivity index (χ1v) is 12.7. The number of imidazole rings is 1. The first-order chi connectivity index (χ1) is 19.6. The minimum Gasteiger partial charge on any atom is -0.508 e. The number of ether oxygens (including phenoxy) is 2. The van der Waals surface area contributed by atoms with Crippen LogP contribution in [0.5, 0.6) is 11.5 Å². The van der Waals surface area contributed by atoms with E-state index in [9.17, 15) is 24.8 Å². The van der Waals surface area contributed by atoms with Gasteiger partial charge in [-0.2, -0.15) is 0 Å². The summed E-state index contributed by atoms with van der Waals surface area (Å²) in [5.41, 5.74) is 3.12. The highest BCUT2D eigenvalue weighted by Crippen LogP contribution is 2.37. The summed E-state index contributed by atoms with van der Waals surface area (Å²) in [7, 11) is 1.43. The lowest BCUT2D eigenvalue weighted by Gasteiger charge is -2.25. The number of aryl methyl sites for hydroxylation is 1. The van der Waals surface area contributed by atoms with Gasteiger partial charge in [-0.25, -0.2) is 9.79 Å². The summed E-state index contributed by atoms with van der Waals surface area (Å²) in [6, 6.07) is 11.9. The Kier molecular flexibility index (Phi) is 7.06. The quantitative estimate of drug-likeness (QED) is 0.179. The number of phenolic OH excluding ortho intramolecular Hbond substituents is 1. The van der Waals surface area contributed by atoms with Crippen LogP contribution in [0.2, 0.25) is 0 Å². The van der Waals surface area contributed by atoms with Crippen molar-refractivity contribution in [1.82, 2.24) is 14.5 Å². The second-order valence-corrected chi connectivity index (χ2v) is 9.43. The van der Waals surface area contributed by atoms with E-state index in [2.05, 4.69) is 15.0 Å². The van der Waals surface area contributed by atoms with Crippen LogP contribution >= 0.6 is 0 Å². The van der Waals surface area contributed by atoms with Crippen molar-refractivity contribution in [3.63, 3.8) is 0 Å². The Bertz CT molecular complexity index is 1910. The SMILES string of the molecule is CCOC(=O)C1=C(C)N=c2[nH]/c(=C\c3ccc(-c4ccc(C)c([N+](=O)[O-])c4)[nH]3)c(=O)n2C1c1ccc(O)cc1OC. The molecule has 5 rings (SSSR count). The van der Waals surface area contributed by atoms with Gasteiger partial charge in [-0.15, -0.1) is 0 Å². The molecule has 2 aromatic heterocycles. The van der Waals surface area contributed by atoms with Gasteiger partial charge < -0.3 is 24.5 Å². The zero-order valence-corrected chi connectivity index (χ0v) is 22.7. The molecule has 0 spiro atoms. The first kappa shape index (κ1) is 27.2. The fraction of sp³-hybridized carbons (Fsp3) is 0.207. The second kappa shape index (κ2) is 10.6. The molecule has 12 nitrogen and oxygen atoms in total. The van der Waals surface area contributed by atoms with E-state index < -0.39 is 22.5 Å². The molecule has 0 saturated carbocycles. The number of hydrogen-bond acceptors (Lipinski definition) is 8. The van der Waals surface area contributed by atoms with Crippen molar-refractivity contribution in [2.24, 2.45) is 4.99 Å². The van der Waals surface area contributed by atoms with Crippen molar-refractivity contribution in [2.45, 2.75) is 26.8 Å². The van der Waals surface area contributed by atoms with Gasteiger partial charge in [0.2, 0.25) is 5.62 Å². The van der Waals surface area contributed by atoms with E-state index in [1.54, 1.807) is 57.2 Å². The lowest BCUT2D eigenvalue weighted by Crippen LogP contribution is -2.40. The summed E-state index contributed by atoms with van der Waals surface area (Å²) < 4.78 is 12.1. The van der Waals surface area contributed by atoms with E-state index in [1.807, 2.05) is 0 Å². The highest BCUT2D eigenvalue weighted by molar-refractivity contribution is 5.91. The van der Waals surface area contributed by atoms with E-state index in [0.29, 0.717) is 33.8 Å². The number of phenols is 1. The van der Waals surface area contributed by atoms with Gasteiger partial charge in [0.25, 0.3) is 11.2 Å². The Balaban J connectivity index is 1.65. The van der Waals surface area contributed by atoms with Crippen LogP contribution in [0.1, 0.15) is 36.7 Å². The van der Waals surface area contributed by atoms with Crippen molar-refractivity contribution in [3.8, 4) is 22.8 Å². The number of H-pyrrole nitrogens is 2. The van der Waals surface area contributed by atoms with E-state index in [-0.39, 0.29) is 40.3 Å². The van der Waals surface area contributed by atoms with Gasteiger partial charge in [0.15, 0.2) is 0 Å². The van der Waals surface area contributed by atoms with E-state index >= 15 is 0 Å². The monoisotopic (exact) mass is 557 g/mol. The molecule has 3 heterocycles. The first-order valence-electron chi connectivity index (χ1n) is 12.7. The average Bonchev–Trinajstić information content (AvgIpc) is 3.52. The summed E-state index contributed by atoms with van der Waals surface area (Å²) in [6.07, 6.45) is 1.60. The molecule has 2 aromatic carbocycles. The maximum Gasteiger partial charge on any atom is 0.338 e. The Labute approximate surface area is 233 Å². The number of methoxy groups -OCH3 is 1. The van der Waals surface area contributed by atoms with Crippen LogP contribution < -0.4 is 21.3 Å². The molecular formula is C29H27N5O7. The minimum atomic E-state index is -0.949. The lowest BCUT2D eigenvalue weighted by molar-refractivity contribution is -0.385. The smallest absolute Gasteiger partial charge is 0.338 e. The van der Waals surface area contributed by atoms with E-state index in [0.717, 1.165) is 0 Å². The maximum atomic E-state index is 13.8. The predicted molar refractivity (Wildman–Crippen MR) is 149 cm³/mol. The topological polar surface area (TPSA) is 165 Å². The number of aromatic hydroxyl groups is 1. The lowest BCUT2D eigenvalue weighted by atomic mass is 9.95. The summed E-state index contributed by atoms with van der Waals surface area (Å²) >= 11 is 0. The highest BCUT2D eigenvalue weighted by Gasteiger charge is 2.35. The number of aromatic amines is 2. The van der Waals surface area contributed by atoms with Gasteiger partial charge in [-0.05, 0) is 51.1 Å². The van der Waals surface area contributed by atoms with Crippen LogP contribution in [0.4, 0.5) is 5.69 Å². The summed E-state index contributed by atoms with van der Waals surface area (Å²) in [6.45, 7) is 5.14. The molecule has 0 radical (unpaired) electrons. The third-order valence-corrected chi connectivity index (χ3v) is 6.85. The van der Waals surface area contributed by atoms with Crippen LogP contribution in [0.3, 0.4) is 0 Å². The zero-order valence-electron chi connectivity index (χ0n) is 22.7. The molecule has 41 heavy (non-hydrogen) atoms. The third-order valence-electron chi connectivity index (χ3n) is 6.85. The molecule has 210 valence electrons. The van der Waals surface area contributed by atoms with Gasteiger partial charge in [0.05, 0.1) is 29.9 Å². The predicted octanol–water partition coefficient (Wildman–Crippen LogP) is 2.99. The maximum absolute atomic E-state index is 13.8. The van der Waals surface area contributed by atoms with Crippen LogP contribution in [-0.2, 0) is 9.53 Å². The van der Waals surface area contributed by atoms with Crippen LogP contribution in [0, 0.1) is 17.0 Å². The fourth-order valence-corrected chi connectivity index (χ4v) is 4.91. The molecule has 12 heteroatoms. The fourth-order valence-electron chi connectivity index (χ4n) is 4.91. The molecule has 0 aliphatic carbocycles. The largest absolute Gasteiger partial charge is 0.508 e. The molecule has 0 bridgehead atoms.